The molecular formula is C17H24N2O2. The Balaban J connectivity index is 2.40. The maximum Gasteiger partial charge on any atom is 0.328 e. The molecule has 0 fully saturated rings. The van der Waals surface area contributed by atoms with E-state index >= 15 is 0 Å². The lowest BCUT2D eigenvalue weighted by Gasteiger charge is -2.13. The predicted molar refractivity (Wildman–Crippen MR) is 85.8 cm³/mol. The fourth-order valence-electron chi connectivity index (χ4n) is 2.87. The van der Waals surface area contributed by atoms with Gasteiger partial charge in [0.2, 0.25) is 0 Å². The molecule has 1 atom stereocenters. The summed E-state index contributed by atoms with van der Waals surface area (Å²) in [6.07, 6.45) is 3.99. The standard InChI is InChI=1S/C17H24N2O2/c1-5-7-8-12(6-2)16(20)13-9-10-14-15(11-13)19(4)17(21)18(14)3/h9-12H,5-8H2,1-4H3. The fraction of sp³-hybridized carbons (Fsp3) is 0.529. The Kier molecular flexibility index (Phi) is 4.66. The van der Waals surface area contributed by atoms with Gasteiger partial charge in [-0.1, -0.05) is 26.7 Å². The van der Waals surface area contributed by atoms with Crippen molar-refractivity contribution in [1.29, 1.82) is 0 Å². The Morgan fingerprint density at radius 3 is 2.43 bits per heavy atom. The predicted octanol–water partition coefficient (Wildman–Crippen LogP) is 3.28. The van der Waals surface area contributed by atoms with Gasteiger partial charge in [0.15, 0.2) is 5.78 Å². The zero-order chi connectivity index (χ0) is 15.6. The Hall–Kier alpha value is -1.84. The molecule has 1 heterocycles. The van der Waals surface area contributed by atoms with Gasteiger partial charge in [-0.3, -0.25) is 13.9 Å². The maximum atomic E-state index is 12.6. The molecule has 21 heavy (non-hydrogen) atoms. The van der Waals surface area contributed by atoms with Crippen molar-refractivity contribution in [1.82, 2.24) is 9.13 Å². The minimum absolute atomic E-state index is 0.0624. The average molecular weight is 288 g/mol. The molecule has 0 bridgehead atoms. The Morgan fingerprint density at radius 1 is 1.14 bits per heavy atom. The van der Waals surface area contributed by atoms with Crippen molar-refractivity contribution in [3.63, 3.8) is 0 Å². The van der Waals surface area contributed by atoms with Crippen LogP contribution in [0, 0.1) is 5.92 Å². The van der Waals surface area contributed by atoms with E-state index in [0.717, 1.165) is 36.7 Å². The monoisotopic (exact) mass is 288 g/mol. The van der Waals surface area contributed by atoms with Crippen LogP contribution in [0.15, 0.2) is 23.0 Å². The van der Waals surface area contributed by atoms with Crippen molar-refractivity contribution in [2.45, 2.75) is 39.5 Å². The van der Waals surface area contributed by atoms with Gasteiger partial charge in [-0.2, -0.15) is 0 Å². The summed E-state index contributed by atoms with van der Waals surface area (Å²) in [5.41, 5.74) is 2.33. The number of fused-ring (bicyclic) bond motifs is 1. The summed E-state index contributed by atoms with van der Waals surface area (Å²) in [5.74, 6) is 0.285. The van der Waals surface area contributed by atoms with Crippen molar-refractivity contribution in [2.75, 3.05) is 0 Å². The lowest BCUT2D eigenvalue weighted by molar-refractivity contribution is 0.0908. The Labute approximate surface area is 125 Å². The highest BCUT2D eigenvalue weighted by atomic mass is 16.1. The molecule has 0 aliphatic rings. The third-order valence-electron chi connectivity index (χ3n) is 4.33. The number of benzene rings is 1. The number of aromatic nitrogens is 2. The molecule has 0 spiro atoms. The summed E-state index contributed by atoms with van der Waals surface area (Å²) in [6, 6.07) is 5.57. The first-order chi connectivity index (χ1) is 10.0. The van der Waals surface area contributed by atoms with Crippen LogP contribution < -0.4 is 5.69 Å². The molecule has 2 rings (SSSR count). The lowest BCUT2D eigenvalue weighted by Crippen LogP contribution is -2.19. The van der Waals surface area contributed by atoms with E-state index in [1.807, 2.05) is 18.2 Å². The van der Waals surface area contributed by atoms with Crippen molar-refractivity contribution < 1.29 is 4.79 Å². The van der Waals surface area contributed by atoms with E-state index in [4.69, 9.17) is 0 Å². The Bertz CT molecular complexity index is 709. The molecule has 1 aromatic heterocycles. The van der Waals surface area contributed by atoms with Crippen LogP contribution in [0.25, 0.3) is 11.0 Å². The van der Waals surface area contributed by atoms with Crippen molar-refractivity contribution in [3.05, 3.63) is 34.2 Å². The molecule has 114 valence electrons. The first-order valence-electron chi connectivity index (χ1n) is 7.70. The number of aryl methyl sites for hydroxylation is 2. The number of carbonyl (C=O) groups is 1. The molecule has 0 saturated carbocycles. The summed E-state index contributed by atoms with van der Waals surface area (Å²) in [7, 11) is 3.50. The van der Waals surface area contributed by atoms with Crippen molar-refractivity contribution >= 4 is 16.8 Å². The molecule has 0 radical (unpaired) electrons. The van der Waals surface area contributed by atoms with Gasteiger partial charge in [-0.15, -0.1) is 0 Å². The van der Waals surface area contributed by atoms with Gasteiger partial charge < -0.3 is 0 Å². The topological polar surface area (TPSA) is 44.0 Å². The zero-order valence-electron chi connectivity index (χ0n) is 13.3. The normalized spacial score (nSPS) is 12.8. The van der Waals surface area contributed by atoms with Crippen LogP contribution in [0.4, 0.5) is 0 Å². The number of ketones is 1. The molecule has 0 amide bonds. The van der Waals surface area contributed by atoms with Gasteiger partial charge in [0.25, 0.3) is 0 Å². The number of hydrogen-bond donors (Lipinski definition) is 0. The largest absolute Gasteiger partial charge is 0.328 e. The number of hydrogen-bond acceptors (Lipinski definition) is 2. The highest BCUT2D eigenvalue weighted by molar-refractivity contribution is 6.00. The highest BCUT2D eigenvalue weighted by Gasteiger charge is 2.19. The van der Waals surface area contributed by atoms with Gasteiger partial charge in [-0.25, -0.2) is 4.79 Å². The van der Waals surface area contributed by atoms with E-state index < -0.39 is 0 Å². The van der Waals surface area contributed by atoms with Crippen molar-refractivity contribution in [3.8, 4) is 0 Å². The van der Waals surface area contributed by atoms with Gasteiger partial charge >= 0.3 is 5.69 Å². The highest BCUT2D eigenvalue weighted by Crippen LogP contribution is 2.21. The molecular weight excluding hydrogens is 264 g/mol. The minimum Gasteiger partial charge on any atom is -0.295 e. The van der Waals surface area contributed by atoms with E-state index in [2.05, 4.69) is 13.8 Å². The molecule has 2 aromatic rings. The SMILES string of the molecule is CCCCC(CC)C(=O)c1ccc2c(c1)n(C)c(=O)n2C. The summed E-state index contributed by atoms with van der Waals surface area (Å²) >= 11 is 0. The van der Waals surface area contributed by atoms with Crippen LogP contribution in [0.3, 0.4) is 0 Å². The molecule has 0 aliphatic heterocycles. The summed E-state index contributed by atoms with van der Waals surface area (Å²) in [4.78, 5) is 24.6. The van der Waals surface area contributed by atoms with Crippen molar-refractivity contribution in [2.24, 2.45) is 20.0 Å². The average Bonchev–Trinajstić information content (AvgIpc) is 2.72. The van der Waals surface area contributed by atoms with Crippen LogP contribution in [0.2, 0.25) is 0 Å². The van der Waals surface area contributed by atoms with Crippen LogP contribution in [-0.4, -0.2) is 14.9 Å². The Morgan fingerprint density at radius 2 is 1.81 bits per heavy atom. The van der Waals surface area contributed by atoms with Crippen LogP contribution in [0.1, 0.15) is 49.9 Å². The number of nitrogens with zero attached hydrogens (tertiary/aromatic N) is 2. The third-order valence-corrected chi connectivity index (χ3v) is 4.33. The molecule has 4 nitrogen and oxygen atoms in total. The zero-order valence-corrected chi connectivity index (χ0v) is 13.3. The van der Waals surface area contributed by atoms with E-state index in [1.54, 1.807) is 23.2 Å². The number of rotatable bonds is 6. The lowest BCUT2D eigenvalue weighted by atomic mass is 9.90. The van der Waals surface area contributed by atoms with Gasteiger partial charge in [-0.05, 0) is 31.0 Å². The first kappa shape index (κ1) is 15.5. The summed E-state index contributed by atoms with van der Waals surface area (Å²) in [5, 5.41) is 0. The minimum atomic E-state index is -0.0624. The second-order valence-electron chi connectivity index (χ2n) is 5.72. The first-order valence-corrected chi connectivity index (χ1v) is 7.70. The summed E-state index contributed by atoms with van der Waals surface area (Å²) in [6.45, 7) is 4.21. The van der Waals surface area contributed by atoms with E-state index in [-0.39, 0.29) is 17.4 Å². The molecule has 0 N–H and O–H groups in total. The third kappa shape index (κ3) is 2.80. The van der Waals surface area contributed by atoms with Gasteiger partial charge in [0, 0.05) is 25.6 Å². The van der Waals surface area contributed by atoms with E-state index in [9.17, 15) is 9.59 Å². The number of unbranched alkanes of at least 4 members (excludes halogenated alkanes) is 1. The number of carbonyl (C=O) groups excluding carboxylic acids is 1. The van der Waals surface area contributed by atoms with Crippen LogP contribution >= 0.6 is 0 Å². The second-order valence-corrected chi connectivity index (χ2v) is 5.72. The molecule has 4 heteroatoms. The molecule has 0 saturated heterocycles. The maximum absolute atomic E-state index is 12.6. The van der Waals surface area contributed by atoms with Crippen LogP contribution in [0.5, 0.6) is 0 Å². The number of imidazole rings is 1. The summed E-state index contributed by atoms with van der Waals surface area (Å²) < 4.78 is 3.21. The van der Waals surface area contributed by atoms with E-state index in [0.29, 0.717) is 5.56 Å². The second kappa shape index (κ2) is 6.29. The smallest absolute Gasteiger partial charge is 0.295 e. The number of Topliss-reactive ketones (excluding diaryl/α,β-unsaturated/α-hetero) is 1. The quantitative estimate of drug-likeness (QED) is 0.766. The van der Waals surface area contributed by atoms with Gasteiger partial charge in [0.05, 0.1) is 11.0 Å². The fourth-order valence-corrected chi connectivity index (χ4v) is 2.87. The molecule has 0 aliphatic carbocycles. The van der Waals surface area contributed by atoms with Crippen LogP contribution in [-0.2, 0) is 14.1 Å². The molecule has 1 aromatic carbocycles. The molecule has 1 unspecified atom stereocenters. The van der Waals surface area contributed by atoms with Gasteiger partial charge in [0.1, 0.15) is 0 Å². The van der Waals surface area contributed by atoms with E-state index in [1.165, 1.54) is 0 Å².